The molecule has 0 spiro atoms. The molecule has 0 bridgehead atoms. The molecule has 4 N–H and O–H groups in total. The van der Waals surface area contributed by atoms with Gasteiger partial charge in [0.2, 0.25) is 6.04 Å². The van der Waals surface area contributed by atoms with Crippen LogP contribution in [0.15, 0.2) is 30.6 Å². The maximum absolute atomic E-state index is 13.5. The Morgan fingerprint density at radius 1 is 1.33 bits per heavy atom. The van der Waals surface area contributed by atoms with Crippen molar-refractivity contribution in [2.45, 2.75) is 25.7 Å². The lowest BCUT2D eigenvalue weighted by Gasteiger charge is -2.27. The van der Waals surface area contributed by atoms with E-state index in [0.717, 1.165) is 6.07 Å². The van der Waals surface area contributed by atoms with Gasteiger partial charge in [-0.15, -0.1) is 0 Å². The Morgan fingerprint density at radius 3 is 2.67 bits per heavy atom. The van der Waals surface area contributed by atoms with E-state index in [1.54, 1.807) is 13.0 Å². The Hall–Kier alpha value is -3.01. The van der Waals surface area contributed by atoms with E-state index in [9.17, 15) is 22.8 Å². The number of esters is 1. The molecule has 1 aromatic heterocycles. The van der Waals surface area contributed by atoms with Crippen molar-refractivity contribution in [1.29, 1.82) is 0 Å². The number of benzene rings is 1. The Morgan fingerprint density at radius 2 is 2.07 bits per heavy atom. The van der Waals surface area contributed by atoms with E-state index in [2.05, 4.69) is 10.6 Å². The molecule has 0 saturated carbocycles. The number of nitrogens with two attached hydrogens (primary N) is 1. The molecule has 1 amide bonds. The molecule has 1 aliphatic rings. The number of nitrogens with zero attached hydrogens (tertiary/aromatic N) is 1. The molecule has 0 fully saturated rings. The number of carbonyl (C=O) groups is 2. The number of hydrogen-bond acceptors (Lipinski definition) is 5. The van der Waals surface area contributed by atoms with Crippen LogP contribution in [0, 0.1) is 0 Å². The fourth-order valence-corrected chi connectivity index (χ4v) is 2.78. The number of amides is 1. The van der Waals surface area contributed by atoms with Gasteiger partial charge in [-0.3, -0.25) is 4.79 Å². The first kappa shape index (κ1) is 18.8. The molecule has 2 aromatic rings. The number of alkyl halides is 3. The highest BCUT2D eigenvalue weighted by atomic mass is 19.4. The second kappa shape index (κ2) is 6.95. The van der Waals surface area contributed by atoms with Crippen LogP contribution in [0.4, 0.5) is 24.5 Å². The summed E-state index contributed by atoms with van der Waals surface area (Å²) in [5, 5.41) is 4.97. The predicted molar refractivity (Wildman–Crippen MR) is 91.3 cm³/mol. The maximum Gasteiger partial charge on any atom is 0.418 e. The summed E-state index contributed by atoms with van der Waals surface area (Å²) in [5.41, 5.74) is 5.20. The van der Waals surface area contributed by atoms with Crippen LogP contribution in [-0.2, 0) is 27.0 Å². The molecule has 1 aromatic carbocycles. The number of halogens is 3. The minimum atomic E-state index is -4.65. The van der Waals surface area contributed by atoms with Crippen molar-refractivity contribution in [3.05, 3.63) is 41.7 Å². The van der Waals surface area contributed by atoms with Crippen LogP contribution in [0.5, 0.6) is 0 Å². The van der Waals surface area contributed by atoms with Crippen LogP contribution in [0.2, 0.25) is 0 Å². The Balaban J connectivity index is 2.08. The average Bonchev–Trinajstić information content (AvgIpc) is 3.08. The molecule has 1 atom stereocenters. The number of ether oxygens (including phenoxy) is 1. The number of nitrogens with one attached hydrogen (secondary N) is 2. The molecule has 10 heteroatoms. The summed E-state index contributed by atoms with van der Waals surface area (Å²) < 4.78 is 46.8. The Labute approximate surface area is 152 Å². The molecule has 0 radical (unpaired) electrons. The van der Waals surface area contributed by atoms with Crippen molar-refractivity contribution in [3.63, 3.8) is 0 Å². The lowest BCUT2D eigenvalue weighted by atomic mass is 10.1. The summed E-state index contributed by atoms with van der Waals surface area (Å²) in [4.78, 5) is 24.0. The van der Waals surface area contributed by atoms with Gasteiger partial charge in [-0.25, -0.2) is 4.79 Å². The zero-order chi connectivity index (χ0) is 19.8. The van der Waals surface area contributed by atoms with E-state index >= 15 is 0 Å². The van der Waals surface area contributed by atoms with E-state index in [-0.39, 0.29) is 30.2 Å². The van der Waals surface area contributed by atoms with Crippen LogP contribution in [-0.4, -0.2) is 29.1 Å². The van der Waals surface area contributed by atoms with E-state index in [4.69, 9.17) is 10.5 Å². The van der Waals surface area contributed by atoms with Gasteiger partial charge in [0, 0.05) is 18.9 Å². The second-order valence-electron chi connectivity index (χ2n) is 5.86. The molecular weight excluding hydrogens is 365 g/mol. The van der Waals surface area contributed by atoms with E-state index in [0.29, 0.717) is 5.56 Å². The number of anilines is 2. The molecule has 0 aliphatic carbocycles. The zero-order valence-corrected chi connectivity index (χ0v) is 14.3. The summed E-state index contributed by atoms with van der Waals surface area (Å²) in [6.45, 7) is 1.83. The third kappa shape index (κ3) is 3.61. The Kier molecular flexibility index (Phi) is 4.83. The van der Waals surface area contributed by atoms with Crippen molar-refractivity contribution in [1.82, 2.24) is 4.57 Å². The van der Waals surface area contributed by atoms with Crippen molar-refractivity contribution < 1.29 is 27.5 Å². The summed E-state index contributed by atoms with van der Waals surface area (Å²) >= 11 is 0. The maximum atomic E-state index is 13.5. The second-order valence-corrected chi connectivity index (χ2v) is 5.86. The average molecular weight is 382 g/mol. The van der Waals surface area contributed by atoms with Gasteiger partial charge in [-0.05, 0) is 30.7 Å². The van der Waals surface area contributed by atoms with Crippen LogP contribution in [0.1, 0.15) is 18.1 Å². The van der Waals surface area contributed by atoms with E-state index in [1.165, 1.54) is 23.0 Å². The number of aromatic nitrogens is 1. The summed E-state index contributed by atoms with van der Waals surface area (Å²) in [6, 6.07) is 2.32. The fraction of sp³-hybridized carbons (Fsp3) is 0.294. The first-order chi connectivity index (χ1) is 12.7. The molecule has 1 aliphatic heterocycles. The van der Waals surface area contributed by atoms with Crippen molar-refractivity contribution in [2.75, 3.05) is 17.2 Å². The van der Waals surface area contributed by atoms with Gasteiger partial charge in [-0.1, -0.05) is 0 Å². The molecule has 144 valence electrons. The number of carbonyl (C=O) groups excluding carboxylic acids is 2. The van der Waals surface area contributed by atoms with Gasteiger partial charge in [-0.2, -0.15) is 13.2 Å². The lowest BCUT2D eigenvalue weighted by molar-refractivity contribution is -0.146. The highest BCUT2D eigenvalue weighted by Crippen LogP contribution is 2.40. The zero-order valence-electron chi connectivity index (χ0n) is 14.3. The molecule has 1 unspecified atom stereocenters. The van der Waals surface area contributed by atoms with Crippen molar-refractivity contribution in [3.8, 4) is 5.69 Å². The smallest absolute Gasteiger partial charge is 0.418 e. The largest absolute Gasteiger partial charge is 0.464 e. The van der Waals surface area contributed by atoms with Gasteiger partial charge in [0.05, 0.1) is 29.2 Å². The van der Waals surface area contributed by atoms with Crippen molar-refractivity contribution in [2.24, 2.45) is 5.73 Å². The minimum absolute atomic E-state index is 0.0668. The summed E-state index contributed by atoms with van der Waals surface area (Å²) in [6.07, 6.45) is -1.70. The number of rotatable bonds is 4. The van der Waals surface area contributed by atoms with E-state index in [1.807, 2.05) is 0 Å². The number of fused-ring (bicyclic) bond motifs is 1. The van der Waals surface area contributed by atoms with Gasteiger partial charge < -0.3 is 25.7 Å². The fourth-order valence-electron chi connectivity index (χ4n) is 2.78. The third-order valence-corrected chi connectivity index (χ3v) is 4.05. The summed E-state index contributed by atoms with van der Waals surface area (Å²) in [7, 11) is 0. The van der Waals surface area contributed by atoms with Crippen LogP contribution < -0.4 is 16.4 Å². The van der Waals surface area contributed by atoms with E-state index < -0.39 is 29.7 Å². The predicted octanol–water partition coefficient (Wildman–Crippen LogP) is 2.25. The number of hydrogen-bond donors (Lipinski definition) is 3. The summed E-state index contributed by atoms with van der Waals surface area (Å²) in [5.74, 6) is -1.60. The first-order valence-electron chi connectivity index (χ1n) is 8.11. The SMILES string of the molecule is CCOC(=O)C1Nc2cc(-n3ccc(CN)c3)c(C(F)(F)F)cc2NC1=O. The minimum Gasteiger partial charge on any atom is -0.464 e. The first-order valence-corrected chi connectivity index (χ1v) is 8.11. The lowest BCUT2D eigenvalue weighted by Crippen LogP contribution is -2.45. The molecule has 27 heavy (non-hydrogen) atoms. The van der Waals surface area contributed by atoms with Crippen LogP contribution in [0.25, 0.3) is 5.69 Å². The molecule has 7 nitrogen and oxygen atoms in total. The molecule has 3 rings (SSSR count). The topological polar surface area (TPSA) is 98.4 Å². The highest BCUT2D eigenvalue weighted by Gasteiger charge is 2.38. The highest BCUT2D eigenvalue weighted by molar-refractivity contribution is 6.14. The van der Waals surface area contributed by atoms with Gasteiger partial charge in [0.15, 0.2) is 0 Å². The van der Waals surface area contributed by atoms with Gasteiger partial charge in [0.25, 0.3) is 5.91 Å². The van der Waals surface area contributed by atoms with Crippen LogP contribution in [0.3, 0.4) is 0 Å². The van der Waals surface area contributed by atoms with Gasteiger partial charge in [0.1, 0.15) is 0 Å². The van der Waals surface area contributed by atoms with Crippen LogP contribution >= 0.6 is 0 Å². The monoisotopic (exact) mass is 382 g/mol. The standard InChI is InChI=1S/C17H17F3N4O3/c1-2-27-16(26)14-15(25)23-11-5-10(17(18,19)20)13(6-12(11)22-14)24-4-3-9(7-21)8-24/h3-6,8,14,22H,2,7,21H2,1H3,(H,23,25). The molecule has 2 heterocycles. The van der Waals surface area contributed by atoms with Gasteiger partial charge >= 0.3 is 12.1 Å². The molecular formula is C17H17F3N4O3. The Bertz CT molecular complexity index is 892. The quantitative estimate of drug-likeness (QED) is 0.557. The molecule has 0 saturated heterocycles. The third-order valence-electron chi connectivity index (χ3n) is 4.05. The van der Waals surface area contributed by atoms with Crippen molar-refractivity contribution >= 4 is 23.3 Å². The normalized spacial score (nSPS) is 16.3.